The van der Waals surface area contributed by atoms with Crippen molar-refractivity contribution < 1.29 is 0 Å². The Hall–Kier alpha value is -1.74. The molecule has 1 heterocycles. The molecule has 0 spiro atoms. The van der Waals surface area contributed by atoms with Gasteiger partial charge in [0.1, 0.15) is 5.15 Å². The minimum atomic E-state index is 0.427. The maximum atomic E-state index is 5.86. The standard InChI is InChI=1S/C15H18ClN3/c1-2-3-4-11-5-7-12(8-6-11)18-15-13(17)9-10-14(16)19-15/h5-10H,2-4,17H2,1H3,(H,18,19). The van der Waals surface area contributed by atoms with Crippen molar-refractivity contribution in [2.24, 2.45) is 0 Å². The molecule has 0 unspecified atom stereocenters. The monoisotopic (exact) mass is 275 g/mol. The molecular formula is C15H18ClN3. The van der Waals surface area contributed by atoms with Crippen LogP contribution in [-0.4, -0.2) is 4.98 Å². The number of aryl methyl sites for hydroxylation is 1. The van der Waals surface area contributed by atoms with Crippen molar-refractivity contribution in [3.63, 3.8) is 0 Å². The third-order valence-corrected chi connectivity index (χ3v) is 3.14. The van der Waals surface area contributed by atoms with Crippen LogP contribution in [0.25, 0.3) is 0 Å². The predicted octanol–water partition coefficient (Wildman–Crippen LogP) is 4.40. The zero-order chi connectivity index (χ0) is 13.7. The third kappa shape index (κ3) is 3.86. The van der Waals surface area contributed by atoms with E-state index in [2.05, 4.69) is 29.4 Å². The van der Waals surface area contributed by atoms with E-state index in [0.29, 0.717) is 16.7 Å². The highest BCUT2D eigenvalue weighted by atomic mass is 35.5. The van der Waals surface area contributed by atoms with Gasteiger partial charge in [0, 0.05) is 5.69 Å². The third-order valence-electron chi connectivity index (χ3n) is 2.93. The maximum Gasteiger partial charge on any atom is 0.155 e. The molecule has 100 valence electrons. The maximum absolute atomic E-state index is 5.86. The fourth-order valence-corrected chi connectivity index (χ4v) is 1.97. The number of benzene rings is 1. The van der Waals surface area contributed by atoms with Crippen LogP contribution in [0.15, 0.2) is 36.4 Å². The van der Waals surface area contributed by atoms with Crippen LogP contribution in [-0.2, 0) is 6.42 Å². The van der Waals surface area contributed by atoms with Crippen LogP contribution >= 0.6 is 11.6 Å². The Morgan fingerprint density at radius 2 is 1.89 bits per heavy atom. The van der Waals surface area contributed by atoms with E-state index in [1.165, 1.54) is 18.4 Å². The molecule has 1 aromatic heterocycles. The van der Waals surface area contributed by atoms with Gasteiger partial charge in [0.25, 0.3) is 0 Å². The van der Waals surface area contributed by atoms with E-state index in [9.17, 15) is 0 Å². The molecule has 3 N–H and O–H groups in total. The Bertz CT molecular complexity index is 538. The summed E-state index contributed by atoms with van der Waals surface area (Å²) in [4.78, 5) is 4.17. The average molecular weight is 276 g/mol. The minimum Gasteiger partial charge on any atom is -0.396 e. The van der Waals surface area contributed by atoms with Gasteiger partial charge in [-0.25, -0.2) is 4.98 Å². The molecule has 1 aromatic carbocycles. The van der Waals surface area contributed by atoms with Crippen molar-refractivity contribution in [2.45, 2.75) is 26.2 Å². The lowest BCUT2D eigenvalue weighted by molar-refractivity contribution is 0.795. The van der Waals surface area contributed by atoms with Gasteiger partial charge in [0.05, 0.1) is 5.69 Å². The van der Waals surface area contributed by atoms with Crippen LogP contribution in [0.2, 0.25) is 5.15 Å². The molecule has 0 fully saturated rings. The topological polar surface area (TPSA) is 50.9 Å². The molecule has 0 aliphatic carbocycles. The molecule has 0 aliphatic rings. The Labute approximate surface area is 118 Å². The number of pyridine rings is 1. The molecule has 0 atom stereocenters. The summed E-state index contributed by atoms with van der Waals surface area (Å²) in [5.41, 5.74) is 8.74. The molecule has 2 aromatic rings. The van der Waals surface area contributed by atoms with E-state index in [0.717, 1.165) is 12.1 Å². The highest BCUT2D eigenvalue weighted by Crippen LogP contribution is 2.23. The fourth-order valence-electron chi connectivity index (χ4n) is 1.82. The number of nitrogens with two attached hydrogens (primary N) is 1. The average Bonchev–Trinajstić information content (AvgIpc) is 2.42. The summed E-state index contributed by atoms with van der Waals surface area (Å²) >= 11 is 5.86. The Morgan fingerprint density at radius 1 is 1.16 bits per heavy atom. The Morgan fingerprint density at radius 3 is 2.58 bits per heavy atom. The first-order valence-corrected chi connectivity index (χ1v) is 6.85. The van der Waals surface area contributed by atoms with Crippen molar-refractivity contribution in [1.29, 1.82) is 0 Å². The largest absolute Gasteiger partial charge is 0.396 e. The molecule has 0 radical (unpaired) electrons. The van der Waals surface area contributed by atoms with Crippen molar-refractivity contribution >= 4 is 28.8 Å². The molecule has 0 bridgehead atoms. The molecule has 4 heteroatoms. The number of halogens is 1. The van der Waals surface area contributed by atoms with Crippen LogP contribution < -0.4 is 11.1 Å². The number of nitrogen functional groups attached to an aromatic ring is 1. The van der Waals surface area contributed by atoms with Crippen molar-refractivity contribution in [2.75, 3.05) is 11.1 Å². The minimum absolute atomic E-state index is 0.427. The number of unbranched alkanes of at least 4 members (excludes halogenated alkanes) is 1. The van der Waals surface area contributed by atoms with Crippen LogP contribution in [0.1, 0.15) is 25.3 Å². The predicted molar refractivity (Wildman–Crippen MR) is 82.0 cm³/mol. The first-order valence-electron chi connectivity index (χ1n) is 6.47. The van der Waals surface area contributed by atoms with Crippen LogP contribution in [0.4, 0.5) is 17.2 Å². The number of rotatable bonds is 5. The van der Waals surface area contributed by atoms with Gasteiger partial charge < -0.3 is 11.1 Å². The second kappa shape index (κ2) is 6.43. The highest BCUT2D eigenvalue weighted by Gasteiger charge is 2.02. The van der Waals surface area contributed by atoms with Gasteiger partial charge in [0.15, 0.2) is 5.82 Å². The lowest BCUT2D eigenvalue weighted by atomic mass is 10.1. The zero-order valence-corrected chi connectivity index (χ0v) is 11.7. The number of hydrogen-bond donors (Lipinski definition) is 2. The fraction of sp³-hybridized carbons (Fsp3) is 0.267. The molecule has 0 aliphatic heterocycles. The molecule has 0 amide bonds. The second-order valence-corrected chi connectivity index (χ2v) is 4.88. The summed E-state index contributed by atoms with van der Waals surface area (Å²) in [6.07, 6.45) is 3.55. The van der Waals surface area contributed by atoms with Gasteiger partial charge in [-0.3, -0.25) is 0 Å². The first kappa shape index (κ1) is 13.7. The summed E-state index contributed by atoms with van der Waals surface area (Å²) in [6.45, 7) is 2.20. The van der Waals surface area contributed by atoms with Gasteiger partial charge in [0.2, 0.25) is 0 Å². The van der Waals surface area contributed by atoms with E-state index in [4.69, 9.17) is 17.3 Å². The highest BCUT2D eigenvalue weighted by molar-refractivity contribution is 6.29. The SMILES string of the molecule is CCCCc1ccc(Nc2nc(Cl)ccc2N)cc1. The molecular weight excluding hydrogens is 258 g/mol. The van der Waals surface area contributed by atoms with Gasteiger partial charge in [-0.2, -0.15) is 0 Å². The lowest BCUT2D eigenvalue weighted by Crippen LogP contribution is -1.99. The molecule has 0 saturated carbocycles. The van der Waals surface area contributed by atoms with Crippen molar-refractivity contribution in [1.82, 2.24) is 4.98 Å². The molecule has 2 rings (SSSR count). The van der Waals surface area contributed by atoms with Gasteiger partial charge in [-0.05, 0) is 42.7 Å². The van der Waals surface area contributed by atoms with Crippen LogP contribution in [0.3, 0.4) is 0 Å². The Kier molecular flexibility index (Phi) is 4.63. The van der Waals surface area contributed by atoms with Crippen LogP contribution in [0.5, 0.6) is 0 Å². The number of hydrogen-bond acceptors (Lipinski definition) is 3. The lowest BCUT2D eigenvalue weighted by Gasteiger charge is -2.09. The van der Waals surface area contributed by atoms with E-state index in [1.807, 2.05) is 12.1 Å². The number of nitrogens with one attached hydrogen (secondary N) is 1. The molecule has 0 saturated heterocycles. The van der Waals surface area contributed by atoms with Gasteiger partial charge >= 0.3 is 0 Å². The normalized spacial score (nSPS) is 10.4. The van der Waals surface area contributed by atoms with Gasteiger partial charge in [-0.1, -0.05) is 37.1 Å². The summed E-state index contributed by atoms with van der Waals surface area (Å²) in [6, 6.07) is 11.7. The van der Waals surface area contributed by atoms with Gasteiger partial charge in [-0.15, -0.1) is 0 Å². The van der Waals surface area contributed by atoms with Crippen molar-refractivity contribution in [3.8, 4) is 0 Å². The number of aromatic nitrogens is 1. The van der Waals surface area contributed by atoms with Crippen molar-refractivity contribution in [3.05, 3.63) is 47.1 Å². The quantitative estimate of drug-likeness (QED) is 0.795. The molecule has 3 nitrogen and oxygen atoms in total. The summed E-state index contributed by atoms with van der Waals surface area (Å²) in [5, 5.41) is 3.60. The summed E-state index contributed by atoms with van der Waals surface area (Å²) in [7, 11) is 0. The zero-order valence-electron chi connectivity index (χ0n) is 11.0. The smallest absolute Gasteiger partial charge is 0.155 e. The van der Waals surface area contributed by atoms with E-state index in [1.54, 1.807) is 12.1 Å². The number of nitrogens with zero attached hydrogens (tertiary/aromatic N) is 1. The first-order chi connectivity index (χ1) is 9.19. The van der Waals surface area contributed by atoms with E-state index in [-0.39, 0.29) is 0 Å². The Balaban J connectivity index is 2.08. The second-order valence-electron chi connectivity index (χ2n) is 4.50. The van der Waals surface area contributed by atoms with E-state index < -0.39 is 0 Å². The van der Waals surface area contributed by atoms with E-state index >= 15 is 0 Å². The molecule has 19 heavy (non-hydrogen) atoms. The number of anilines is 3. The van der Waals surface area contributed by atoms with Crippen LogP contribution in [0, 0.1) is 0 Å². The summed E-state index contributed by atoms with van der Waals surface area (Å²) in [5.74, 6) is 0.591. The summed E-state index contributed by atoms with van der Waals surface area (Å²) < 4.78 is 0.